The van der Waals surface area contributed by atoms with Crippen LogP contribution in [0.4, 0.5) is 0 Å². The number of aliphatic hydroxyl groups excluding tert-OH is 1. The molecule has 0 heterocycles. The zero-order valence-electron chi connectivity index (χ0n) is 11.1. The molecule has 106 valence electrons. The van der Waals surface area contributed by atoms with E-state index in [1.165, 1.54) is 19.3 Å². The van der Waals surface area contributed by atoms with Crippen LogP contribution >= 0.6 is 15.9 Å². The number of hydrogen-bond acceptors (Lipinski definition) is 3. The molecule has 0 saturated heterocycles. The molecule has 0 radical (unpaired) electrons. The summed E-state index contributed by atoms with van der Waals surface area (Å²) >= 11 is 3.43. The van der Waals surface area contributed by atoms with Gasteiger partial charge in [0.2, 0.25) is 0 Å². The molecular weight excluding hydrogens is 306 g/mol. The Morgan fingerprint density at radius 2 is 2.16 bits per heavy atom. The van der Waals surface area contributed by atoms with Crippen molar-refractivity contribution in [3.8, 4) is 5.75 Å². The molecule has 3 nitrogen and oxygen atoms in total. The molecule has 1 saturated carbocycles. The van der Waals surface area contributed by atoms with Crippen molar-refractivity contribution in [1.82, 2.24) is 5.32 Å². The lowest BCUT2D eigenvalue weighted by atomic mass is 9.85. The first-order chi connectivity index (χ1) is 9.29. The fourth-order valence-electron chi connectivity index (χ4n) is 2.66. The van der Waals surface area contributed by atoms with E-state index in [1.807, 2.05) is 24.3 Å². The molecule has 0 bridgehead atoms. The van der Waals surface area contributed by atoms with Crippen molar-refractivity contribution >= 4 is 15.9 Å². The molecule has 4 heteroatoms. The van der Waals surface area contributed by atoms with Gasteiger partial charge < -0.3 is 15.2 Å². The van der Waals surface area contributed by atoms with Crippen molar-refractivity contribution < 1.29 is 9.84 Å². The minimum atomic E-state index is 0.296. The van der Waals surface area contributed by atoms with Crippen molar-refractivity contribution in [3.05, 3.63) is 28.7 Å². The molecule has 2 rings (SSSR count). The third-order valence-electron chi connectivity index (χ3n) is 3.72. The van der Waals surface area contributed by atoms with Crippen molar-refractivity contribution in [1.29, 1.82) is 0 Å². The summed E-state index contributed by atoms with van der Waals surface area (Å²) in [5.41, 5.74) is 0. The second-order valence-electron chi connectivity index (χ2n) is 5.09. The Kier molecular flexibility index (Phi) is 6.14. The molecule has 1 fully saturated rings. The van der Waals surface area contributed by atoms with Crippen LogP contribution < -0.4 is 10.1 Å². The fraction of sp³-hybridized carbons (Fsp3) is 0.600. The molecule has 2 N–H and O–H groups in total. The van der Waals surface area contributed by atoms with Crippen LogP contribution in [0.15, 0.2) is 28.7 Å². The van der Waals surface area contributed by atoms with Gasteiger partial charge in [0.1, 0.15) is 12.4 Å². The van der Waals surface area contributed by atoms with Crippen molar-refractivity contribution in [2.45, 2.75) is 31.7 Å². The van der Waals surface area contributed by atoms with E-state index >= 15 is 0 Å². The van der Waals surface area contributed by atoms with Crippen molar-refractivity contribution in [2.24, 2.45) is 5.92 Å². The van der Waals surface area contributed by atoms with E-state index in [1.54, 1.807) is 0 Å². The first-order valence-electron chi connectivity index (χ1n) is 7.02. The van der Waals surface area contributed by atoms with E-state index < -0.39 is 0 Å². The molecule has 1 aromatic carbocycles. The van der Waals surface area contributed by atoms with Crippen molar-refractivity contribution in [3.63, 3.8) is 0 Å². The molecule has 2 unspecified atom stereocenters. The summed E-state index contributed by atoms with van der Waals surface area (Å²) in [6.45, 7) is 1.78. The van der Waals surface area contributed by atoms with E-state index in [4.69, 9.17) is 4.74 Å². The first-order valence-corrected chi connectivity index (χ1v) is 7.81. The largest absolute Gasteiger partial charge is 0.492 e. The highest BCUT2D eigenvalue weighted by atomic mass is 79.9. The maximum atomic E-state index is 9.35. The summed E-state index contributed by atoms with van der Waals surface area (Å²) in [7, 11) is 0. The minimum absolute atomic E-state index is 0.296. The Morgan fingerprint density at radius 1 is 1.32 bits per heavy atom. The first kappa shape index (κ1) is 14.8. The Labute approximate surface area is 123 Å². The number of halogens is 1. The Bertz CT molecular complexity index is 386. The molecule has 19 heavy (non-hydrogen) atoms. The quantitative estimate of drug-likeness (QED) is 0.789. The Hall–Kier alpha value is -0.580. The molecule has 2 atom stereocenters. The highest BCUT2D eigenvalue weighted by molar-refractivity contribution is 9.10. The molecule has 0 aliphatic heterocycles. The average Bonchev–Trinajstić information content (AvgIpc) is 2.44. The normalized spacial score (nSPS) is 23.3. The van der Waals surface area contributed by atoms with Gasteiger partial charge in [-0.15, -0.1) is 0 Å². The van der Waals surface area contributed by atoms with Crippen LogP contribution in [0.1, 0.15) is 25.7 Å². The van der Waals surface area contributed by atoms with E-state index in [9.17, 15) is 5.11 Å². The molecular formula is C15H22BrNO2. The second kappa shape index (κ2) is 7.88. The summed E-state index contributed by atoms with van der Waals surface area (Å²) in [5.74, 6) is 1.30. The lowest BCUT2D eigenvalue weighted by Crippen LogP contribution is -2.41. The summed E-state index contributed by atoms with van der Waals surface area (Å²) < 4.78 is 6.72. The SMILES string of the molecule is OCC1CCCCC1NCCOc1cccc(Br)c1. The average molecular weight is 328 g/mol. The van der Waals surface area contributed by atoms with Gasteiger partial charge in [-0.25, -0.2) is 0 Å². The predicted molar refractivity (Wildman–Crippen MR) is 80.5 cm³/mol. The van der Waals surface area contributed by atoms with Crippen molar-refractivity contribution in [2.75, 3.05) is 19.8 Å². The van der Waals surface area contributed by atoms with Gasteiger partial charge in [-0.3, -0.25) is 0 Å². The molecule has 1 aliphatic rings. The minimum Gasteiger partial charge on any atom is -0.492 e. The van der Waals surface area contributed by atoms with Crippen LogP contribution in [-0.2, 0) is 0 Å². The number of aliphatic hydroxyl groups is 1. The smallest absolute Gasteiger partial charge is 0.120 e. The van der Waals surface area contributed by atoms with Gasteiger partial charge in [-0.05, 0) is 37.0 Å². The second-order valence-corrected chi connectivity index (χ2v) is 6.01. The Balaban J connectivity index is 1.68. The summed E-state index contributed by atoms with van der Waals surface area (Å²) in [6, 6.07) is 8.33. The molecule has 1 aliphatic carbocycles. The summed E-state index contributed by atoms with van der Waals surface area (Å²) in [6.07, 6.45) is 4.82. The maximum Gasteiger partial charge on any atom is 0.120 e. The molecule has 1 aromatic rings. The van der Waals surface area contributed by atoms with Gasteiger partial charge in [-0.2, -0.15) is 0 Å². The predicted octanol–water partition coefficient (Wildman–Crippen LogP) is 2.97. The summed E-state index contributed by atoms with van der Waals surface area (Å²) in [4.78, 5) is 0. The highest BCUT2D eigenvalue weighted by Crippen LogP contribution is 2.23. The lowest BCUT2D eigenvalue weighted by Gasteiger charge is -2.31. The number of ether oxygens (including phenoxy) is 1. The third-order valence-corrected chi connectivity index (χ3v) is 4.21. The topological polar surface area (TPSA) is 41.5 Å². The molecule has 0 spiro atoms. The number of hydrogen-bond donors (Lipinski definition) is 2. The number of nitrogens with one attached hydrogen (secondary N) is 1. The summed E-state index contributed by atoms with van der Waals surface area (Å²) in [5, 5.41) is 12.9. The van der Waals surface area contributed by atoms with Crippen LogP contribution in [0.5, 0.6) is 5.75 Å². The number of rotatable bonds is 6. The van der Waals surface area contributed by atoms with Gasteiger partial charge in [-0.1, -0.05) is 34.8 Å². The van der Waals surface area contributed by atoms with Crippen LogP contribution in [0.25, 0.3) is 0 Å². The van der Waals surface area contributed by atoms with Gasteiger partial charge in [0, 0.05) is 23.7 Å². The maximum absolute atomic E-state index is 9.35. The van der Waals surface area contributed by atoms with E-state index in [0.29, 0.717) is 25.2 Å². The lowest BCUT2D eigenvalue weighted by molar-refractivity contribution is 0.149. The van der Waals surface area contributed by atoms with Gasteiger partial charge in [0.05, 0.1) is 0 Å². The van der Waals surface area contributed by atoms with E-state index in [-0.39, 0.29) is 0 Å². The van der Waals surface area contributed by atoms with Gasteiger partial charge in [0.25, 0.3) is 0 Å². The standard InChI is InChI=1S/C15H22BrNO2/c16-13-5-3-6-14(10-13)19-9-8-17-15-7-2-1-4-12(15)11-18/h3,5-6,10,12,15,17-18H,1-2,4,7-9,11H2. The fourth-order valence-corrected chi connectivity index (χ4v) is 3.04. The monoisotopic (exact) mass is 327 g/mol. The zero-order chi connectivity index (χ0) is 13.5. The van der Waals surface area contributed by atoms with E-state index in [0.717, 1.165) is 23.2 Å². The highest BCUT2D eigenvalue weighted by Gasteiger charge is 2.23. The zero-order valence-corrected chi connectivity index (χ0v) is 12.7. The molecule has 0 amide bonds. The van der Waals surface area contributed by atoms with Crippen LogP contribution in [0, 0.1) is 5.92 Å². The molecule has 0 aromatic heterocycles. The van der Waals surface area contributed by atoms with Crippen LogP contribution in [-0.4, -0.2) is 30.9 Å². The van der Waals surface area contributed by atoms with Gasteiger partial charge >= 0.3 is 0 Å². The van der Waals surface area contributed by atoms with Crippen LogP contribution in [0.3, 0.4) is 0 Å². The van der Waals surface area contributed by atoms with Gasteiger partial charge in [0.15, 0.2) is 0 Å². The Morgan fingerprint density at radius 3 is 2.95 bits per heavy atom. The third kappa shape index (κ3) is 4.79. The van der Waals surface area contributed by atoms with E-state index in [2.05, 4.69) is 21.2 Å². The number of benzene rings is 1. The van der Waals surface area contributed by atoms with Crippen LogP contribution in [0.2, 0.25) is 0 Å².